The highest BCUT2D eigenvalue weighted by molar-refractivity contribution is 6.10. The van der Waals surface area contributed by atoms with Crippen LogP contribution < -0.4 is 10.5 Å². The zero-order valence-corrected chi connectivity index (χ0v) is 11.1. The minimum Gasteiger partial charge on any atom is -0.508 e. The number of pyridine rings is 1. The van der Waals surface area contributed by atoms with Crippen molar-refractivity contribution in [3.05, 3.63) is 46.5 Å². The topological polar surface area (TPSA) is 56.3 Å². The van der Waals surface area contributed by atoms with Gasteiger partial charge in [-0.15, -0.1) is 0 Å². The summed E-state index contributed by atoms with van der Waals surface area (Å²) in [5.74, 6) is -0.812. The molecule has 0 amide bonds. The van der Waals surface area contributed by atoms with Crippen LogP contribution in [0.3, 0.4) is 0 Å². The van der Waals surface area contributed by atoms with Crippen molar-refractivity contribution >= 4 is 27.4 Å². The van der Waals surface area contributed by atoms with Crippen molar-refractivity contribution in [1.29, 1.82) is 0 Å². The number of phenolic OH excluding ortho intramolecular Hbond substituents is 1. The number of rotatable bonds is 1. The lowest BCUT2D eigenvalue weighted by Gasteiger charge is -2.15. The van der Waals surface area contributed by atoms with Gasteiger partial charge in [0.25, 0.3) is 5.56 Å². The van der Waals surface area contributed by atoms with E-state index in [-0.39, 0.29) is 16.8 Å². The van der Waals surface area contributed by atoms with E-state index >= 15 is 0 Å². The first kappa shape index (κ1) is 12.5. The predicted molar refractivity (Wildman–Crippen MR) is 78.0 cm³/mol. The van der Waals surface area contributed by atoms with Crippen LogP contribution in [-0.2, 0) is 0 Å². The molecule has 20 heavy (non-hydrogen) atoms. The van der Waals surface area contributed by atoms with Gasteiger partial charge in [-0.25, -0.2) is 4.39 Å². The summed E-state index contributed by atoms with van der Waals surface area (Å²) < 4.78 is 13.9. The van der Waals surface area contributed by atoms with Crippen molar-refractivity contribution in [2.75, 3.05) is 19.0 Å². The number of aromatic nitrogens is 1. The molecule has 0 atom stereocenters. The standard InChI is InChI=1S/C15H13FN2O2/c1-18(2)12-5-3-4-9-10-6-8(19)7-11(16)14(10)17-15(20)13(9)12/h3-7,19H,1-2H3,(H,17,20). The average molecular weight is 272 g/mol. The normalized spacial score (nSPS) is 11.2. The molecule has 0 aliphatic heterocycles. The van der Waals surface area contributed by atoms with E-state index in [0.717, 1.165) is 11.8 Å². The van der Waals surface area contributed by atoms with Crippen LogP contribution in [0.5, 0.6) is 5.75 Å². The van der Waals surface area contributed by atoms with Crippen LogP contribution in [0, 0.1) is 5.82 Å². The number of halogens is 1. The highest BCUT2D eigenvalue weighted by Gasteiger charge is 2.13. The monoisotopic (exact) mass is 272 g/mol. The molecule has 4 nitrogen and oxygen atoms in total. The Kier molecular flexibility index (Phi) is 2.64. The van der Waals surface area contributed by atoms with Crippen molar-refractivity contribution in [2.45, 2.75) is 0 Å². The van der Waals surface area contributed by atoms with Crippen LogP contribution in [-0.4, -0.2) is 24.2 Å². The third kappa shape index (κ3) is 1.71. The number of fused-ring (bicyclic) bond motifs is 3. The van der Waals surface area contributed by atoms with Crippen molar-refractivity contribution < 1.29 is 9.50 Å². The summed E-state index contributed by atoms with van der Waals surface area (Å²) >= 11 is 0. The van der Waals surface area contributed by atoms with Crippen LogP contribution in [0.4, 0.5) is 10.1 Å². The molecule has 3 rings (SSSR count). The summed E-state index contributed by atoms with van der Waals surface area (Å²) in [5.41, 5.74) is 0.506. The first-order valence-electron chi connectivity index (χ1n) is 6.13. The molecule has 0 saturated heterocycles. The Balaban J connectivity index is 2.61. The Hall–Kier alpha value is -2.56. The molecular formula is C15H13FN2O2. The van der Waals surface area contributed by atoms with Gasteiger partial charge < -0.3 is 15.0 Å². The molecule has 0 aliphatic rings. The summed E-state index contributed by atoms with van der Waals surface area (Å²) in [6.45, 7) is 0. The summed E-state index contributed by atoms with van der Waals surface area (Å²) in [5, 5.41) is 11.2. The molecule has 0 bridgehead atoms. The molecule has 2 aromatic carbocycles. The Labute approximate surface area is 114 Å². The number of anilines is 1. The number of nitrogens with zero attached hydrogens (tertiary/aromatic N) is 1. The zero-order chi connectivity index (χ0) is 14.4. The predicted octanol–water partition coefficient (Wildman–Crippen LogP) is 2.59. The summed E-state index contributed by atoms with van der Waals surface area (Å²) in [7, 11) is 3.67. The minimum atomic E-state index is -0.644. The first-order chi connectivity index (χ1) is 9.49. The number of hydrogen-bond donors (Lipinski definition) is 2. The number of hydrogen-bond acceptors (Lipinski definition) is 3. The molecule has 0 fully saturated rings. The molecule has 0 spiro atoms. The minimum absolute atomic E-state index is 0.108. The van der Waals surface area contributed by atoms with E-state index in [9.17, 15) is 14.3 Å². The van der Waals surface area contributed by atoms with Gasteiger partial charge in [0, 0.05) is 31.2 Å². The van der Waals surface area contributed by atoms with Gasteiger partial charge in [-0.3, -0.25) is 4.79 Å². The van der Waals surface area contributed by atoms with E-state index < -0.39 is 5.82 Å². The lowest BCUT2D eigenvalue weighted by molar-refractivity contribution is 0.471. The Morgan fingerprint density at radius 3 is 2.65 bits per heavy atom. The van der Waals surface area contributed by atoms with Crippen molar-refractivity contribution in [3.8, 4) is 5.75 Å². The van der Waals surface area contributed by atoms with Crippen LogP contribution in [0.15, 0.2) is 35.1 Å². The van der Waals surface area contributed by atoms with Gasteiger partial charge in [0.2, 0.25) is 0 Å². The van der Waals surface area contributed by atoms with E-state index in [4.69, 9.17) is 0 Å². The molecule has 5 heteroatoms. The van der Waals surface area contributed by atoms with Crippen molar-refractivity contribution in [2.24, 2.45) is 0 Å². The first-order valence-corrected chi connectivity index (χ1v) is 6.13. The molecular weight excluding hydrogens is 259 g/mol. The quantitative estimate of drug-likeness (QED) is 0.669. The number of aromatic amines is 1. The summed E-state index contributed by atoms with van der Waals surface area (Å²) in [6.07, 6.45) is 0. The maximum absolute atomic E-state index is 13.9. The molecule has 0 radical (unpaired) electrons. The second-order valence-electron chi connectivity index (χ2n) is 4.90. The number of aromatic hydroxyl groups is 1. The van der Waals surface area contributed by atoms with Crippen LogP contribution in [0.2, 0.25) is 0 Å². The van der Waals surface area contributed by atoms with Crippen LogP contribution in [0.1, 0.15) is 0 Å². The second kappa shape index (κ2) is 4.23. The molecule has 1 heterocycles. The third-order valence-corrected chi connectivity index (χ3v) is 3.36. The Morgan fingerprint density at radius 2 is 1.95 bits per heavy atom. The lowest BCUT2D eigenvalue weighted by atomic mass is 10.0. The average Bonchev–Trinajstić information content (AvgIpc) is 2.39. The van der Waals surface area contributed by atoms with Crippen molar-refractivity contribution in [3.63, 3.8) is 0 Å². The Bertz CT molecular complexity index is 884. The van der Waals surface area contributed by atoms with E-state index in [1.54, 1.807) is 12.1 Å². The van der Waals surface area contributed by atoms with Gasteiger partial charge in [0.1, 0.15) is 5.75 Å². The van der Waals surface area contributed by atoms with E-state index in [1.165, 1.54) is 6.07 Å². The lowest BCUT2D eigenvalue weighted by Crippen LogP contribution is -2.15. The van der Waals surface area contributed by atoms with Crippen LogP contribution >= 0.6 is 0 Å². The number of phenols is 1. The van der Waals surface area contributed by atoms with E-state index in [0.29, 0.717) is 16.2 Å². The van der Waals surface area contributed by atoms with Gasteiger partial charge in [-0.1, -0.05) is 12.1 Å². The maximum atomic E-state index is 13.9. The third-order valence-electron chi connectivity index (χ3n) is 3.36. The van der Waals surface area contributed by atoms with Gasteiger partial charge >= 0.3 is 0 Å². The molecule has 0 aliphatic carbocycles. The SMILES string of the molecule is CN(C)c1cccc2c1c(=O)[nH]c1c(F)cc(O)cc12. The van der Waals surface area contributed by atoms with Crippen molar-refractivity contribution in [1.82, 2.24) is 4.98 Å². The highest BCUT2D eigenvalue weighted by Crippen LogP contribution is 2.30. The van der Waals surface area contributed by atoms with Gasteiger partial charge in [0.15, 0.2) is 5.82 Å². The smallest absolute Gasteiger partial charge is 0.258 e. The van der Waals surface area contributed by atoms with Crippen LogP contribution in [0.25, 0.3) is 21.7 Å². The second-order valence-corrected chi connectivity index (χ2v) is 4.90. The number of nitrogens with one attached hydrogen (secondary N) is 1. The highest BCUT2D eigenvalue weighted by atomic mass is 19.1. The fourth-order valence-corrected chi connectivity index (χ4v) is 2.48. The molecule has 0 unspecified atom stereocenters. The summed E-state index contributed by atoms with van der Waals surface area (Å²) in [4.78, 5) is 16.6. The van der Waals surface area contributed by atoms with Gasteiger partial charge in [-0.05, 0) is 17.5 Å². The van der Waals surface area contributed by atoms with E-state index in [1.807, 2.05) is 25.1 Å². The molecule has 0 saturated carbocycles. The fourth-order valence-electron chi connectivity index (χ4n) is 2.48. The Morgan fingerprint density at radius 1 is 1.20 bits per heavy atom. The molecule has 102 valence electrons. The van der Waals surface area contributed by atoms with Gasteiger partial charge in [-0.2, -0.15) is 0 Å². The number of H-pyrrole nitrogens is 1. The zero-order valence-electron chi connectivity index (χ0n) is 11.1. The maximum Gasteiger partial charge on any atom is 0.258 e. The summed E-state index contributed by atoms with van der Waals surface area (Å²) in [6, 6.07) is 7.82. The molecule has 1 aromatic heterocycles. The fraction of sp³-hybridized carbons (Fsp3) is 0.133. The number of benzene rings is 2. The largest absolute Gasteiger partial charge is 0.508 e. The van der Waals surface area contributed by atoms with E-state index in [2.05, 4.69) is 4.98 Å². The van der Waals surface area contributed by atoms with Gasteiger partial charge in [0.05, 0.1) is 10.9 Å². The molecule has 2 N–H and O–H groups in total. The molecule has 3 aromatic rings.